The molecule has 2 N–H and O–H groups in total. The first kappa shape index (κ1) is 14.8. The van der Waals surface area contributed by atoms with Crippen molar-refractivity contribution >= 4 is 27.3 Å². The Morgan fingerprint density at radius 2 is 2.05 bits per heavy atom. The van der Waals surface area contributed by atoms with Crippen LogP contribution in [-0.4, -0.2) is 15.5 Å². The molecule has 0 saturated heterocycles. The van der Waals surface area contributed by atoms with E-state index in [0.717, 1.165) is 0 Å². The van der Waals surface area contributed by atoms with Gasteiger partial charge in [0.25, 0.3) is 10.0 Å². The van der Waals surface area contributed by atoms with E-state index in [1.807, 2.05) is 0 Å². The zero-order valence-electron chi connectivity index (χ0n) is 10.5. The van der Waals surface area contributed by atoms with E-state index in [1.54, 1.807) is 6.07 Å². The van der Waals surface area contributed by atoms with Gasteiger partial charge < -0.3 is 9.73 Å². The molecule has 8 heteroatoms. The maximum Gasteiger partial charge on any atom is 0.273 e. The van der Waals surface area contributed by atoms with E-state index in [9.17, 15) is 12.8 Å². The molecule has 0 aliphatic heterocycles. The molecule has 2 aromatic rings. The predicted molar refractivity (Wildman–Crippen MR) is 73.7 cm³/mol. The van der Waals surface area contributed by atoms with Gasteiger partial charge in [0.2, 0.25) is 5.09 Å². The van der Waals surface area contributed by atoms with Crippen molar-refractivity contribution in [2.24, 2.45) is 0 Å². The number of halogens is 2. The first-order chi connectivity index (χ1) is 9.42. The van der Waals surface area contributed by atoms with Crippen LogP contribution in [0.5, 0.6) is 0 Å². The van der Waals surface area contributed by atoms with Crippen molar-refractivity contribution in [2.75, 3.05) is 12.4 Å². The Morgan fingerprint density at radius 1 is 1.30 bits per heavy atom. The molecule has 0 atom stereocenters. The Morgan fingerprint density at radius 3 is 2.70 bits per heavy atom. The molecule has 0 spiro atoms. The van der Waals surface area contributed by atoms with Gasteiger partial charge in [-0.15, -0.1) is 0 Å². The highest BCUT2D eigenvalue weighted by molar-refractivity contribution is 7.89. The van der Waals surface area contributed by atoms with Gasteiger partial charge in [0.1, 0.15) is 11.6 Å². The molecular formula is C12H12ClFN2O3S. The number of hydrogen-bond donors (Lipinski definition) is 2. The summed E-state index contributed by atoms with van der Waals surface area (Å²) in [7, 11) is -2.30. The molecule has 0 aliphatic carbocycles. The molecule has 0 saturated carbocycles. The maximum absolute atomic E-state index is 13.2. The summed E-state index contributed by atoms with van der Waals surface area (Å²) in [6.45, 7) is 0.223. The third kappa shape index (κ3) is 3.30. The summed E-state index contributed by atoms with van der Waals surface area (Å²) >= 11 is 5.57. The average molecular weight is 319 g/mol. The van der Waals surface area contributed by atoms with E-state index in [2.05, 4.69) is 10.0 Å². The number of anilines is 1. The van der Waals surface area contributed by atoms with Gasteiger partial charge in [-0.1, -0.05) is 11.6 Å². The van der Waals surface area contributed by atoms with Crippen molar-refractivity contribution in [3.8, 4) is 0 Å². The molecule has 5 nitrogen and oxygen atoms in total. The van der Waals surface area contributed by atoms with Crippen LogP contribution < -0.4 is 10.0 Å². The summed E-state index contributed by atoms with van der Waals surface area (Å²) in [5.74, 6) is -0.122. The summed E-state index contributed by atoms with van der Waals surface area (Å²) in [4.78, 5) is 0. The predicted octanol–water partition coefficient (Wildman–Crippen LogP) is 2.59. The van der Waals surface area contributed by atoms with E-state index < -0.39 is 15.8 Å². The fraction of sp³-hybridized carbons (Fsp3) is 0.167. The monoisotopic (exact) mass is 318 g/mol. The molecule has 1 heterocycles. The van der Waals surface area contributed by atoms with Crippen LogP contribution in [0.4, 0.5) is 10.1 Å². The second-order valence-corrected chi connectivity index (χ2v) is 6.14. The number of hydrogen-bond acceptors (Lipinski definition) is 4. The number of rotatable bonds is 5. The molecule has 0 bridgehead atoms. The molecule has 2 rings (SSSR count). The lowest BCUT2D eigenvalue weighted by atomic mass is 10.3. The van der Waals surface area contributed by atoms with E-state index in [-0.39, 0.29) is 16.7 Å². The lowest BCUT2D eigenvalue weighted by molar-refractivity contribution is 0.417. The molecule has 20 heavy (non-hydrogen) atoms. The van der Waals surface area contributed by atoms with Crippen molar-refractivity contribution in [2.45, 2.75) is 11.6 Å². The smallest absolute Gasteiger partial charge is 0.273 e. The van der Waals surface area contributed by atoms with Crippen molar-refractivity contribution < 1.29 is 17.2 Å². The van der Waals surface area contributed by atoms with Crippen LogP contribution in [0, 0.1) is 5.82 Å². The van der Waals surface area contributed by atoms with Crippen LogP contribution in [0.15, 0.2) is 39.8 Å². The third-order valence-corrected chi connectivity index (χ3v) is 4.15. The Bertz CT molecular complexity index is 715. The molecule has 1 aromatic heterocycles. The van der Waals surface area contributed by atoms with Gasteiger partial charge in [-0.3, -0.25) is 0 Å². The maximum atomic E-state index is 13.2. The fourth-order valence-electron chi connectivity index (χ4n) is 1.49. The van der Waals surface area contributed by atoms with E-state index >= 15 is 0 Å². The first-order valence-corrected chi connectivity index (χ1v) is 7.49. The highest BCUT2D eigenvalue weighted by Crippen LogP contribution is 2.20. The van der Waals surface area contributed by atoms with E-state index in [1.165, 1.54) is 31.3 Å². The minimum atomic E-state index is -3.59. The summed E-state index contributed by atoms with van der Waals surface area (Å²) in [6, 6.07) is 7.17. The zero-order valence-corrected chi connectivity index (χ0v) is 12.1. The van der Waals surface area contributed by atoms with Crippen LogP contribution in [0.3, 0.4) is 0 Å². The number of benzene rings is 1. The van der Waals surface area contributed by atoms with Gasteiger partial charge in [-0.25, -0.2) is 17.5 Å². The lowest BCUT2D eigenvalue weighted by Crippen LogP contribution is -2.17. The molecule has 0 fully saturated rings. The minimum absolute atomic E-state index is 0.0379. The van der Waals surface area contributed by atoms with Crippen molar-refractivity contribution in [3.05, 3.63) is 46.9 Å². The van der Waals surface area contributed by atoms with Crippen molar-refractivity contribution in [1.29, 1.82) is 0 Å². The summed E-state index contributed by atoms with van der Waals surface area (Å²) in [5, 5.41) is 2.77. The van der Waals surface area contributed by atoms with E-state index in [4.69, 9.17) is 16.0 Å². The zero-order chi connectivity index (χ0) is 14.8. The Balaban J connectivity index is 2.06. The summed E-state index contributed by atoms with van der Waals surface area (Å²) in [6.07, 6.45) is 0. The topological polar surface area (TPSA) is 71.3 Å². The highest BCUT2D eigenvalue weighted by atomic mass is 35.5. The molecule has 0 amide bonds. The lowest BCUT2D eigenvalue weighted by Gasteiger charge is -2.05. The standard InChI is InChI=1S/C12H12ClFN2O3S/c1-15-20(17,18)12-5-3-9(19-12)7-16-8-2-4-10(13)11(14)6-8/h2-6,15-16H,7H2,1H3. The van der Waals surface area contributed by atoms with Crippen molar-refractivity contribution in [3.63, 3.8) is 0 Å². The molecule has 0 unspecified atom stereocenters. The second kappa shape index (κ2) is 5.82. The Kier molecular flexibility index (Phi) is 4.32. The number of sulfonamides is 1. The number of furan rings is 1. The average Bonchev–Trinajstić information content (AvgIpc) is 2.90. The second-order valence-electron chi connectivity index (χ2n) is 3.91. The van der Waals surface area contributed by atoms with Crippen LogP contribution in [0.2, 0.25) is 5.02 Å². The van der Waals surface area contributed by atoms with Crippen LogP contribution in [0.1, 0.15) is 5.76 Å². The molecule has 1 aromatic carbocycles. The molecular weight excluding hydrogens is 307 g/mol. The van der Waals surface area contributed by atoms with Gasteiger partial charge in [0, 0.05) is 5.69 Å². The summed E-state index contributed by atoms with van der Waals surface area (Å²) < 4.78 is 43.5. The van der Waals surface area contributed by atoms with Gasteiger partial charge in [0.15, 0.2) is 0 Å². The normalized spacial score (nSPS) is 11.6. The molecule has 0 radical (unpaired) electrons. The van der Waals surface area contributed by atoms with Crippen molar-refractivity contribution in [1.82, 2.24) is 4.72 Å². The quantitative estimate of drug-likeness (QED) is 0.889. The minimum Gasteiger partial charge on any atom is -0.446 e. The summed E-state index contributed by atoms with van der Waals surface area (Å²) in [5.41, 5.74) is 0.515. The third-order valence-electron chi connectivity index (χ3n) is 2.56. The Hall–Kier alpha value is -1.57. The molecule has 108 valence electrons. The fourth-order valence-corrected chi connectivity index (χ4v) is 2.28. The van der Waals surface area contributed by atoms with Gasteiger partial charge in [-0.05, 0) is 37.4 Å². The SMILES string of the molecule is CNS(=O)(=O)c1ccc(CNc2ccc(Cl)c(F)c2)o1. The van der Waals surface area contributed by atoms with Gasteiger partial charge >= 0.3 is 0 Å². The molecule has 0 aliphatic rings. The number of nitrogens with one attached hydrogen (secondary N) is 2. The Labute approximate surface area is 120 Å². The highest BCUT2D eigenvalue weighted by Gasteiger charge is 2.16. The van der Waals surface area contributed by atoms with Crippen LogP contribution in [0.25, 0.3) is 0 Å². The van der Waals surface area contributed by atoms with E-state index in [0.29, 0.717) is 11.4 Å². The van der Waals surface area contributed by atoms with Gasteiger partial charge in [-0.2, -0.15) is 0 Å². The van der Waals surface area contributed by atoms with Gasteiger partial charge in [0.05, 0.1) is 11.6 Å². The van der Waals surface area contributed by atoms with Crippen LogP contribution >= 0.6 is 11.6 Å². The first-order valence-electron chi connectivity index (χ1n) is 5.63. The van der Waals surface area contributed by atoms with Crippen LogP contribution in [-0.2, 0) is 16.6 Å². The largest absolute Gasteiger partial charge is 0.446 e.